The maximum Gasteiger partial charge on any atom is 0.421 e. The van der Waals surface area contributed by atoms with Gasteiger partial charge in [-0.3, -0.25) is 9.59 Å². The van der Waals surface area contributed by atoms with Crippen molar-refractivity contribution in [3.05, 3.63) is 41.1 Å². The molecule has 3 aliphatic rings. The molecule has 1 aromatic carbocycles. The van der Waals surface area contributed by atoms with E-state index >= 15 is 0 Å². The molecule has 2 bridgehead atoms. The number of nitrogens with zero attached hydrogens (tertiary/aromatic N) is 4. The first-order chi connectivity index (χ1) is 16.1. The molecule has 5 rings (SSSR count). The Kier molecular flexibility index (Phi) is 5.37. The van der Waals surface area contributed by atoms with E-state index in [-0.39, 0.29) is 48.3 Å². The van der Waals surface area contributed by atoms with E-state index in [1.165, 1.54) is 11.8 Å². The zero-order valence-corrected chi connectivity index (χ0v) is 18.8. The van der Waals surface area contributed by atoms with Crippen LogP contribution in [-0.4, -0.2) is 51.2 Å². The Morgan fingerprint density at radius 3 is 2.50 bits per heavy atom. The first-order valence-corrected chi connectivity index (χ1v) is 11.3. The lowest BCUT2D eigenvalue weighted by atomic mass is 9.91. The number of alkyl halides is 3. The van der Waals surface area contributed by atoms with Crippen LogP contribution in [-0.2, 0) is 15.8 Å². The van der Waals surface area contributed by atoms with Crippen molar-refractivity contribution in [1.29, 1.82) is 0 Å². The molecule has 1 saturated heterocycles. The molecule has 8 nitrogen and oxygen atoms in total. The van der Waals surface area contributed by atoms with Crippen molar-refractivity contribution in [2.45, 2.75) is 56.9 Å². The van der Waals surface area contributed by atoms with E-state index in [1.54, 1.807) is 7.05 Å². The molecule has 180 valence electrons. The van der Waals surface area contributed by atoms with Crippen molar-refractivity contribution in [3.63, 3.8) is 0 Å². The van der Waals surface area contributed by atoms with Gasteiger partial charge in [-0.2, -0.15) is 18.2 Å². The lowest BCUT2D eigenvalue weighted by Gasteiger charge is -2.25. The van der Waals surface area contributed by atoms with Gasteiger partial charge in [-0.15, -0.1) is 0 Å². The fraction of sp³-hybridized carbons (Fsp3) is 0.478. The summed E-state index contributed by atoms with van der Waals surface area (Å²) < 4.78 is 40.0. The molecule has 11 heteroatoms. The monoisotopic (exact) mass is 474 g/mol. The Morgan fingerprint density at radius 2 is 1.85 bits per heavy atom. The van der Waals surface area contributed by atoms with E-state index in [4.69, 9.17) is 0 Å². The third kappa shape index (κ3) is 4.14. The summed E-state index contributed by atoms with van der Waals surface area (Å²) in [4.78, 5) is 35.7. The summed E-state index contributed by atoms with van der Waals surface area (Å²) in [5.41, 5.74) is 1.81. The Morgan fingerprint density at radius 1 is 1.15 bits per heavy atom. The highest BCUT2D eigenvalue weighted by Gasteiger charge is 2.46. The predicted molar refractivity (Wildman–Crippen MR) is 118 cm³/mol. The van der Waals surface area contributed by atoms with Crippen LogP contribution in [0.15, 0.2) is 24.4 Å². The number of hydrogen-bond acceptors (Lipinski definition) is 6. The number of nitrogens with one attached hydrogen (secondary N) is 2. The van der Waals surface area contributed by atoms with Gasteiger partial charge in [0.25, 0.3) is 0 Å². The molecule has 2 N–H and O–H groups in total. The molecule has 1 aromatic heterocycles. The van der Waals surface area contributed by atoms with Crippen molar-refractivity contribution in [1.82, 2.24) is 19.8 Å². The maximum absolute atomic E-state index is 13.3. The van der Waals surface area contributed by atoms with Gasteiger partial charge >= 0.3 is 6.18 Å². The van der Waals surface area contributed by atoms with Crippen molar-refractivity contribution in [2.24, 2.45) is 0 Å². The van der Waals surface area contributed by atoms with Gasteiger partial charge in [-0.25, -0.2) is 4.98 Å². The summed E-state index contributed by atoms with van der Waals surface area (Å²) in [5.74, 6) is -0.428. The summed E-state index contributed by atoms with van der Waals surface area (Å²) in [6, 6.07) is 5.55. The molecule has 2 aliphatic heterocycles. The quantitative estimate of drug-likeness (QED) is 0.658. The topological polar surface area (TPSA) is 90.5 Å². The fourth-order valence-electron chi connectivity index (χ4n) is 4.72. The minimum Gasteiger partial charge on any atom is -0.367 e. The van der Waals surface area contributed by atoms with Crippen LogP contribution in [0.1, 0.15) is 61.4 Å². The second-order valence-electron chi connectivity index (χ2n) is 9.13. The molecule has 2 aromatic rings. The standard InChI is InChI=1S/C23H25F3N6O2/c1-12(33)31(2)11-20(34)32-18-7-8-19(32)16-9-14(5-6-15(16)18)29-22-27-10-17(23(24,25)26)21(30-22)28-13-3-4-13/h5-6,9-10,13,18-19H,3-4,7-8,11H2,1-2H3,(H2,27,28,29,30)/t18-,19+/m0/s1. The van der Waals surface area contributed by atoms with Crippen LogP contribution in [0.5, 0.6) is 0 Å². The SMILES string of the molecule is CC(=O)N(C)CC(=O)N1[C@@H]2CC[C@H]1c1ccc(Nc3ncc(C(F)(F)F)c(NC4CC4)n3)cc12. The van der Waals surface area contributed by atoms with Gasteiger partial charge in [-0.1, -0.05) is 6.07 Å². The van der Waals surface area contributed by atoms with Crippen LogP contribution >= 0.6 is 0 Å². The average Bonchev–Trinajstić information content (AvgIpc) is 3.39. The van der Waals surface area contributed by atoms with Crippen LogP contribution < -0.4 is 10.6 Å². The first kappa shape index (κ1) is 22.4. The molecule has 0 spiro atoms. The van der Waals surface area contributed by atoms with Crippen molar-refractivity contribution >= 4 is 29.3 Å². The number of halogens is 3. The van der Waals surface area contributed by atoms with Gasteiger partial charge < -0.3 is 20.4 Å². The number of hydrogen-bond donors (Lipinski definition) is 2. The number of rotatable bonds is 6. The van der Waals surface area contributed by atoms with E-state index in [0.717, 1.165) is 43.0 Å². The third-order valence-electron chi connectivity index (χ3n) is 6.66. The highest BCUT2D eigenvalue weighted by Crippen LogP contribution is 2.53. The van der Waals surface area contributed by atoms with E-state index in [0.29, 0.717) is 5.69 Å². The largest absolute Gasteiger partial charge is 0.421 e. The van der Waals surface area contributed by atoms with Gasteiger partial charge in [0, 0.05) is 31.9 Å². The second kappa shape index (κ2) is 8.14. The summed E-state index contributed by atoms with van der Waals surface area (Å²) in [6.45, 7) is 1.45. The normalized spacial score (nSPS) is 20.8. The number of aromatic nitrogens is 2. The fourth-order valence-corrected chi connectivity index (χ4v) is 4.72. The number of likely N-dealkylation sites (N-methyl/N-ethyl adjacent to an activating group) is 1. The zero-order chi connectivity index (χ0) is 24.2. The number of carbonyl (C=O) groups excluding carboxylic acids is 2. The number of benzene rings is 1. The second-order valence-corrected chi connectivity index (χ2v) is 9.13. The van der Waals surface area contributed by atoms with Crippen molar-refractivity contribution in [2.75, 3.05) is 24.2 Å². The van der Waals surface area contributed by atoms with E-state index in [9.17, 15) is 22.8 Å². The molecule has 34 heavy (non-hydrogen) atoms. The molecular weight excluding hydrogens is 449 g/mol. The van der Waals surface area contributed by atoms with Crippen LogP contribution in [0.3, 0.4) is 0 Å². The molecule has 2 fully saturated rings. The molecule has 2 amide bonds. The van der Waals surface area contributed by atoms with Gasteiger partial charge in [-0.05, 0) is 48.9 Å². The third-order valence-corrected chi connectivity index (χ3v) is 6.66. The summed E-state index contributed by atoms with van der Waals surface area (Å²) >= 11 is 0. The molecular formula is C23H25F3N6O2. The Balaban J connectivity index is 1.36. The smallest absolute Gasteiger partial charge is 0.367 e. The highest BCUT2D eigenvalue weighted by molar-refractivity contribution is 5.85. The number of carbonyl (C=O) groups is 2. The van der Waals surface area contributed by atoms with Crippen LogP contribution in [0.2, 0.25) is 0 Å². The van der Waals surface area contributed by atoms with Crippen molar-refractivity contribution < 1.29 is 22.8 Å². The van der Waals surface area contributed by atoms with Crippen molar-refractivity contribution in [3.8, 4) is 0 Å². The minimum absolute atomic E-state index is 0.00459. The molecule has 0 radical (unpaired) electrons. The van der Waals surface area contributed by atoms with E-state index in [1.807, 2.05) is 23.1 Å². The molecule has 1 saturated carbocycles. The summed E-state index contributed by atoms with van der Waals surface area (Å²) in [5, 5.41) is 5.85. The van der Waals surface area contributed by atoms with Gasteiger partial charge in [0.2, 0.25) is 17.8 Å². The number of fused-ring (bicyclic) bond motifs is 5. The van der Waals surface area contributed by atoms with Gasteiger partial charge in [0.15, 0.2) is 0 Å². The van der Waals surface area contributed by atoms with Crippen LogP contribution in [0.4, 0.5) is 30.6 Å². The molecule has 2 atom stereocenters. The Bertz CT molecular complexity index is 1150. The van der Waals surface area contributed by atoms with Crippen LogP contribution in [0.25, 0.3) is 0 Å². The molecule has 3 heterocycles. The lowest BCUT2D eigenvalue weighted by Crippen LogP contribution is -2.38. The van der Waals surface area contributed by atoms with E-state index in [2.05, 4.69) is 20.6 Å². The minimum atomic E-state index is -4.55. The summed E-state index contributed by atoms with van der Waals surface area (Å²) in [6.07, 6.45) is -0.443. The van der Waals surface area contributed by atoms with E-state index < -0.39 is 11.7 Å². The Hall–Kier alpha value is -3.37. The summed E-state index contributed by atoms with van der Waals surface area (Å²) in [7, 11) is 1.60. The highest BCUT2D eigenvalue weighted by atomic mass is 19.4. The molecule has 1 aliphatic carbocycles. The lowest BCUT2D eigenvalue weighted by molar-refractivity contribution is -0.140. The maximum atomic E-state index is 13.3. The average molecular weight is 474 g/mol. The number of amides is 2. The van der Waals surface area contributed by atoms with Crippen LogP contribution in [0, 0.1) is 0 Å². The van der Waals surface area contributed by atoms with Gasteiger partial charge in [0.05, 0.1) is 18.6 Å². The predicted octanol–water partition coefficient (Wildman–Crippen LogP) is 4.01. The zero-order valence-electron chi connectivity index (χ0n) is 18.8. The Labute approximate surface area is 194 Å². The molecule has 0 unspecified atom stereocenters. The first-order valence-electron chi connectivity index (χ1n) is 11.3. The van der Waals surface area contributed by atoms with Gasteiger partial charge in [0.1, 0.15) is 11.4 Å². The number of anilines is 3.